The van der Waals surface area contributed by atoms with E-state index in [1.54, 1.807) is 0 Å². The molecule has 2 aromatic carbocycles. The molecule has 114 valence electrons. The molecule has 0 unspecified atom stereocenters. The van der Waals surface area contributed by atoms with Gasteiger partial charge in [0.05, 0.1) is 0 Å². The Hall–Kier alpha value is -2.62. The van der Waals surface area contributed by atoms with E-state index >= 15 is 0 Å². The summed E-state index contributed by atoms with van der Waals surface area (Å²) in [7, 11) is 0. The van der Waals surface area contributed by atoms with Gasteiger partial charge < -0.3 is 10.4 Å². The third-order valence-corrected chi connectivity index (χ3v) is 3.81. The minimum absolute atomic E-state index is 0.375. The van der Waals surface area contributed by atoms with Gasteiger partial charge in [-0.05, 0) is 36.1 Å². The smallest absolute Gasteiger partial charge is 0.109 e. The van der Waals surface area contributed by atoms with Gasteiger partial charge in [-0.25, -0.2) is 0 Å². The molecule has 2 N–H and O–H groups in total. The van der Waals surface area contributed by atoms with Gasteiger partial charge in [-0.15, -0.1) is 0 Å². The van der Waals surface area contributed by atoms with Gasteiger partial charge in [-0.2, -0.15) is 0 Å². The van der Waals surface area contributed by atoms with Gasteiger partial charge in [0.25, 0.3) is 0 Å². The molecule has 0 bridgehead atoms. The number of hydrogen-bond donors (Lipinski definition) is 2. The molecule has 2 rings (SSSR count). The molecular formula is C18H20N2O2. The second-order valence-corrected chi connectivity index (χ2v) is 5.30. The Labute approximate surface area is 130 Å². The molecule has 4 nitrogen and oxygen atoms in total. The van der Waals surface area contributed by atoms with Crippen LogP contribution in [0.4, 0.5) is 0 Å². The van der Waals surface area contributed by atoms with Crippen molar-refractivity contribution in [1.29, 1.82) is 0 Å². The molecule has 0 aliphatic carbocycles. The molecule has 0 saturated carbocycles. The van der Waals surface area contributed by atoms with E-state index in [-0.39, 0.29) is 0 Å². The highest BCUT2D eigenvalue weighted by Crippen LogP contribution is 2.13. The lowest BCUT2D eigenvalue weighted by Crippen LogP contribution is -2.20. The number of aryl methyl sites for hydroxylation is 2. The maximum atomic E-state index is 9.32. The van der Waals surface area contributed by atoms with Crippen molar-refractivity contribution in [3.8, 4) is 0 Å². The lowest BCUT2D eigenvalue weighted by Gasteiger charge is -2.10. The number of nitrogens with zero attached hydrogens (tertiary/aromatic N) is 2. The molecule has 0 aromatic heterocycles. The van der Waals surface area contributed by atoms with Crippen LogP contribution in [-0.4, -0.2) is 21.8 Å². The van der Waals surface area contributed by atoms with Crippen molar-refractivity contribution in [3.63, 3.8) is 0 Å². The summed E-state index contributed by atoms with van der Waals surface area (Å²) in [4.78, 5) is 0. The second-order valence-electron chi connectivity index (χ2n) is 5.30. The maximum absolute atomic E-state index is 9.32. The molecule has 2 aromatic rings. The highest BCUT2D eigenvalue weighted by atomic mass is 16.4. The molecule has 0 spiro atoms. The largest absolute Gasteiger partial charge is 0.411 e. The van der Waals surface area contributed by atoms with E-state index in [1.165, 1.54) is 0 Å². The molecule has 0 radical (unpaired) electrons. The first kappa shape index (κ1) is 15.8. The van der Waals surface area contributed by atoms with Crippen LogP contribution in [0.1, 0.15) is 22.3 Å². The van der Waals surface area contributed by atoms with Gasteiger partial charge >= 0.3 is 0 Å². The van der Waals surface area contributed by atoms with Crippen LogP contribution in [0.15, 0.2) is 58.8 Å². The van der Waals surface area contributed by atoms with E-state index in [1.807, 2.05) is 62.4 Å². The Kier molecular flexibility index (Phi) is 5.31. The standard InChI is InChI=1S/C18H20N2O2/c1-13-7-3-5-9-15(13)11-17(19-21)18(20-22)12-16-10-6-4-8-14(16)2/h3-10,21-22H,11-12H2,1-2H3/b19-17-,20-18+. The van der Waals surface area contributed by atoms with E-state index in [4.69, 9.17) is 0 Å². The van der Waals surface area contributed by atoms with Crippen LogP contribution < -0.4 is 0 Å². The minimum atomic E-state index is 0.375. The maximum Gasteiger partial charge on any atom is 0.109 e. The second kappa shape index (κ2) is 7.41. The number of rotatable bonds is 5. The van der Waals surface area contributed by atoms with Crippen LogP contribution in [0, 0.1) is 13.8 Å². The SMILES string of the molecule is Cc1ccccc1CC(=N/O)/C(Cc1ccccc1C)=N/O. The van der Waals surface area contributed by atoms with Crippen LogP contribution in [0.5, 0.6) is 0 Å². The summed E-state index contributed by atoms with van der Waals surface area (Å²) in [6.45, 7) is 4.00. The Bertz CT molecular complexity index is 644. The van der Waals surface area contributed by atoms with Crippen molar-refractivity contribution in [3.05, 3.63) is 70.8 Å². The third kappa shape index (κ3) is 3.73. The van der Waals surface area contributed by atoms with Gasteiger partial charge in [-0.3, -0.25) is 0 Å². The van der Waals surface area contributed by atoms with E-state index in [2.05, 4.69) is 10.3 Å². The Morgan fingerprint density at radius 1 is 0.727 bits per heavy atom. The first-order valence-corrected chi connectivity index (χ1v) is 7.17. The molecule has 0 saturated heterocycles. The van der Waals surface area contributed by atoms with Crippen molar-refractivity contribution in [2.24, 2.45) is 10.3 Å². The quantitative estimate of drug-likeness (QED) is 0.501. The topological polar surface area (TPSA) is 65.2 Å². The van der Waals surface area contributed by atoms with E-state index in [0.29, 0.717) is 24.3 Å². The molecule has 0 atom stereocenters. The van der Waals surface area contributed by atoms with Gasteiger partial charge in [-0.1, -0.05) is 58.8 Å². The predicted molar refractivity (Wildman–Crippen MR) is 88.2 cm³/mol. The summed E-state index contributed by atoms with van der Waals surface area (Å²) in [5, 5.41) is 25.3. The van der Waals surface area contributed by atoms with Crippen LogP contribution in [0.25, 0.3) is 0 Å². The van der Waals surface area contributed by atoms with E-state index < -0.39 is 0 Å². The lowest BCUT2D eigenvalue weighted by molar-refractivity contribution is 0.313. The van der Waals surface area contributed by atoms with E-state index in [9.17, 15) is 10.4 Å². The zero-order valence-corrected chi connectivity index (χ0v) is 12.8. The Morgan fingerprint density at radius 2 is 1.09 bits per heavy atom. The Morgan fingerprint density at radius 3 is 1.41 bits per heavy atom. The summed E-state index contributed by atoms with van der Waals surface area (Å²) < 4.78 is 0. The normalized spacial score (nSPS) is 12.5. The number of hydrogen-bond acceptors (Lipinski definition) is 4. The van der Waals surface area contributed by atoms with Crippen molar-refractivity contribution in [1.82, 2.24) is 0 Å². The average molecular weight is 296 g/mol. The predicted octanol–water partition coefficient (Wildman–Crippen LogP) is 3.75. The highest BCUT2D eigenvalue weighted by Gasteiger charge is 2.14. The van der Waals surface area contributed by atoms with Gasteiger partial charge in [0.15, 0.2) is 0 Å². The van der Waals surface area contributed by atoms with Gasteiger partial charge in [0, 0.05) is 12.8 Å². The first-order valence-electron chi connectivity index (χ1n) is 7.17. The fraction of sp³-hybridized carbons (Fsp3) is 0.222. The molecule has 0 amide bonds. The van der Waals surface area contributed by atoms with Crippen LogP contribution in [0.2, 0.25) is 0 Å². The number of benzene rings is 2. The summed E-state index contributed by atoms with van der Waals surface area (Å²) >= 11 is 0. The van der Waals surface area contributed by atoms with Gasteiger partial charge in [0.1, 0.15) is 11.4 Å². The fourth-order valence-electron chi connectivity index (χ4n) is 2.37. The molecule has 0 aliphatic rings. The zero-order valence-electron chi connectivity index (χ0n) is 12.8. The molecular weight excluding hydrogens is 276 g/mol. The fourth-order valence-corrected chi connectivity index (χ4v) is 2.37. The molecule has 0 aliphatic heterocycles. The van der Waals surface area contributed by atoms with Crippen molar-refractivity contribution >= 4 is 11.4 Å². The van der Waals surface area contributed by atoms with Crippen LogP contribution in [0.3, 0.4) is 0 Å². The zero-order chi connectivity index (χ0) is 15.9. The summed E-state index contributed by atoms with van der Waals surface area (Å²) in [6.07, 6.45) is 0.850. The molecule has 4 heteroatoms. The van der Waals surface area contributed by atoms with Crippen LogP contribution in [-0.2, 0) is 12.8 Å². The van der Waals surface area contributed by atoms with E-state index in [0.717, 1.165) is 22.3 Å². The number of oxime groups is 2. The summed E-state index contributed by atoms with van der Waals surface area (Å²) in [6, 6.07) is 15.8. The van der Waals surface area contributed by atoms with Crippen LogP contribution >= 0.6 is 0 Å². The summed E-state index contributed by atoms with van der Waals surface area (Å²) in [5.74, 6) is 0. The van der Waals surface area contributed by atoms with Crippen molar-refractivity contribution in [2.75, 3.05) is 0 Å². The Balaban J connectivity index is 2.22. The van der Waals surface area contributed by atoms with Crippen molar-refractivity contribution in [2.45, 2.75) is 26.7 Å². The van der Waals surface area contributed by atoms with Gasteiger partial charge in [0.2, 0.25) is 0 Å². The first-order chi connectivity index (χ1) is 10.7. The minimum Gasteiger partial charge on any atom is -0.411 e. The monoisotopic (exact) mass is 296 g/mol. The molecule has 0 fully saturated rings. The molecule has 0 heterocycles. The molecule has 22 heavy (non-hydrogen) atoms. The lowest BCUT2D eigenvalue weighted by atomic mass is 9.96. The third-order valence-electron chi connectivity index (χ3n) is 3.81. The van der Waals surface area contributed by atoms with Crippen molar-refractivity contribution < 1.29 is 10.4 Å². The average Bonchev–Trinajstić information content (AvgIpc) is 2.54. The summed E-state index contributed by atoms with van der Waals surface area (Å²) in [5.41, 5.74) is 5.05. The highest BCUT2D eigenvalue weighted by molar-refractivity contribution is 6.42.